The van der Waals surface area contributed by atoms with E-state index in [-0.39, 0.29) is 17.6 Å². The van der Waals surface area contributed by atoms with Gasteiger partial charge in [0.2, 0.25) is 0 Å². The van der Waals surface area contributed by atoms with Crippen LogP contribution in [0, 0.1) is 15.9 Å². The van der Waals surface area contributed by atoms with E-state index >= 15 is 0 Å². The molecule has 0 saturated carbocycles. The van der Waals surface area contributed by atoms with Gasteiger partial charge in [0.05, 0.1) is 19.1 Å². The van der Waals surface area contributed by atoms with Gasteiger partial charge >= 0.3 is 6.18 Å². The minimum atomic E-state index is -5.11. The fourth-order valence-electron chi connectivity index (χ4n) is 2.24. The number of nitrogens with zero attached hydrogens (tertiary/aromatic N) is 1. The number of nitro benzene ring substituents is 1. The number of sulfonamides is 1. The molecule has 0 aliphatic carbocycles. The van der Waals surface area contributed by atoms with Crippen LogP contribution in [0.2, 0.25) is 0 Å². The van der Waals surface area contributed by atoms with Crippen molar-refractivity contribution in [2.75, 3.05) is 18.9 Å². The molecule has 0 radical (unpaired) electrons. The number of alkyl halides is 3. The zero-order valence-corrected chi connectivity index (χ0v) is 15.0. The summed E-state index contributed by atoms with van der Waals surface area (Å²) >= 11 is 0. The summed E-state index contributed by atoms with van der Waals surface area (Å²) in [5, 5.41) is 10.8. The summed E-state index contributed by atoms with van der Waals surface area (Å²) in [6.07, 6.45) is -5.11. The molecule has 0 aliphatic heterocycles. The normalized spacial score (nSPS) is 11.8. The molecule has 13 heteroatoms. The fraction of sp³-hybridized carbons (Fsp3) is 0.200. The number of hydrogen-bond donors (Lipinski definition) is 1. The van der Waals surface area contributed by atoms with Crippen LogP contribution in [0.5, 0.6) is 11.5 Å². The zero-order valence-electron chi connectivity index (χ0n) is 14.2. The van der Waals surface area contributed by atoms with Gasteiger partial charge in [-0.15, -0.1) is 0 Å². The molecule has 152 valence electrons. The zero-order chi connectivity index (χ0) is 21.3. The van der Waals surface area contributed by atoms with E-state index in [1.165, 1.54) is 14.2 Å². The second-order valence-electron chi connectivity index (χ2n) is 5.23. The van der Waals surface area contributed by atoms with Crippen LogP contribution in [-0.4, -0.2) is 27.6 Å². The minimum absolute atomic E-state index is 0.103. The first-order valence-electron chi connectivity index (χ1n) is 7.20. The van der Waals surface area contributed by atoms with Crippen molar-refractivity contribution in [2.24, 2.45) is 0 Å². The van der Waals surface area contributed by atoms with Gasteiger partial charge in [-0.1, -0.05) is 0 Å². The van der Waals surface area contributed by atoms with Gasteiger partial charge in [-0.3, -0.25) is 14.8 Å². The highest BCUT2D eigenvalue weighted by Crippen LogP contribution is 2.38. The van der Waals surface area contributed by atoms with E-state index in [4.69, 9.17) is 9.47 Å². The molecule has 0 heterocycles. The van der Waals surface area contributed by atoms with Crippen molar-refractivity contribution < 1.29 is 40.4 Å². The molecule has 0 aromatic heterocycles. The average Bonchev–Trinajstić information content (AvgIpc) is 2.59. The van der Waals surface area contributed by atoms with Crippen molar-refractivity contribution in [2.45, 2.75) is 11.1 Å². The monoisotopic (exact) mass is 424 g/mol. The smallest absolute Gasteiger partial charge is 0.423 e. The Hall–Kier alpha value is -3.09. The molecule has 1 N–H and O–H groups in total. The summed E-state index contributed by atoms with van der Waals surface area (Å²) in [5.41, 5.74) is -3.56. The molecule has 0 unspecified atom stereocenters. The van der Waals surface area contributed by atoms with Crippen molar-refractivity contribution in [3.05, 3.63) is 51.8 Å². The maximum Gasteiger partial charge on any atom is 0.423 e. The van der Waals surface area contributed by atoms with Gasteiger partial charge in [0, 0.05) is 23.9 Å². The highest BCUT2D eigenvalue weighted by molar-refractivity contribution is 7.92. The van der Waals surface area contributed by atoms with Crippen molar-refractivity contribution >= 4 is 21.4 Å². The molecule has 2 rings (SSSR count). The van der Waals surface area contributed by atoms with Gasteiger partial charge in [0.25, 0.3) is 15.7 Å². The topological polar surface area (TPSA) is 108 Å². The first kappa shape index (κ1) is 21.2. The molecule has 0 spiro atoms. The SMILES string of the molecule is COc1cc(F)c(S(=O)(=O)Nc2ccc([N+](=O)[O-])c(C(F)(F)F)c2)cc1OC. The molecule has 0 bridgehead atoms. The lowest BCUT2D eigenvalue weighted by Gasteiger charge is -2.14. The van der Waals surface area contributed by atoms with Crippen molar-refractivity contribution in [1.29, 1.82) is 0 Å². The minimum Gasteiger partial charge on any atom is -0.493 e. The van der Waals surface area contributed by atoms with E-state index in [0.29, 0.717) is 6.07 Å². The molecule has 0 fully saturated rings. The van der Waals surface area contributed by atoms with Gasteiger partial charge in [0.15, 0.2) is 11.5 Å². The van der Waals surface area contributed by atoms with Gasteiger partial charge in [-0.2, -0.15) is 13.2 Å². The molecular formula is C15H12F4N2O6S. The second kappa shape index (κ2) is 7.50. The number of halogens is 4. The molecule has 28 heavy (non-hydrogen) atoms. The Morgan fingerprint density at radius 1 is 1.07 bits per heavy atom. The van der Waals surface area contributed by atoms with Gasteiger partial charge < -0.3 is 9.47 Å². The molecule has 0 atom stereocenters. The van der Waals surface area contributed by atoms with Crippen LogP contribution in [0.3, 0.4) is 0 Å². The highest BCUT2D eigenvalue weighted by Gasteiger charge is 2.38. The number of ether oxygens (including phenoxy) is 2. The third kappa shape index (κ3) is 4.24. The maximum atomic E-state index is 14.2. The van der Waals surface area contributed by atoms with E-state index in [1.807, 2.05) is 0 Å². The fourth-order valence-corrected chi connectivity index (χ4v) is 3.36. The Bertz CT molecular complexity index is 1020. The Morgan fingerprint density at radius 2 is 1.64 bits per heavy atom. The van der Waals surface area contributed by atoms with Crippen molar-refractivity contribution in [1.82, 2.24) is 0 Å². The molecule has 2 aromatic carbocycles. The van der Waals surface area contributed by atoms with Gasteiger partial charge in [0.1, 0.15) is 16.3 Å². The third-order valence-electron chi connectivity index (χ3n) is 3.48. The number of nitro groups is 1. The summed E-state index contributed by atoms with van der Waals surface area (Å²) in [6, 6.07) is 3.00. The second-order valence-corrected chi connectivity index (χ2v) is 6.88. The number of hydrogen-bond acceptors (Lipinski definition) is 6. The quantitative estimate of drug-likeness (QED) is 0.432. The molecular weight excluding hydrogens is 412 g/mol. The highest BCUT2D eigenvalue weighted by atomic mass is 32.2. The first-order valence-corrected chi connectivity index (χ1v) is 8.69. The summed E-state index contributed by atoms with van der Waals surface area (Å²) in [5.74, 6) is -1.49. The average molecular weight is 424 g/mol. The Balaban J connectivity index is 2.52. The predicted molar refractivity (Wildman–Crippen MR) is 88.4 cm³/mol. The van der Waals surface area contributed by atoms with Crippen molar-refractivity contribution in [3.8, 4) is 11.5 Å². The molecule has 8 nitrogen and oxygen atoms in total. The van der Waals surface area contributed by atoms with Crippen LogP contribution in [0.15, 0.2) is 35.2 Å². The van der Waals surface area contributed by atoms with E-state index in [2.05, 4.69) is 0 Å². The van der Waals surface area contributed by atoms with Crippen LogP contribution < -0.4 is 14.2 Å². The van der Waals surface area contributed by atoms with Crippen LogP contribution in [-0.2, 0) is 16.2 Å². The number of benzene rings is 2. The lowest BCUT2D eigenvalue weighted by atomic mass is 10.1. The Morgan fingerprint density at radius 3 is 2.14 bits per heavy atom. The summed E-state index contributed by atoms with van der Waals surface area (Å²) < 4.78 is 89.5. The van der Waals surface area contributed by atoms with Crippen LogP contribution in [0.1, 0.15) is 5.56 Å². The number of rotatable bonds is 6. The number of nitrogens with one attached hydrogen (secondary N) is 1. The van der Waals surface area contributed by atoms with Gasteiger partial charge in [-0.05, 0) is 12.1 Å². The Labute approximate surface area is 155 Å². The van der Waals surface area contributed by atoms with E-state index < -0.39 is 48.8 Å². The number of anilines is 1. The molecule has 0 aliphatic rings. The van der Waals surface area contributed by atoms with E-state index in [9.17, 15) is 36.1 Å². The first-order chi connectivity index (χ1) is 12.9. The van der Waals surface area contributed by atoms with E-state index in [0.717, 1.165) is 18.2 Å². The third-order valence-corrected chi connectivity index (χ3v) is 4.87. The number of methoxy groups -OCH3 is 2. The largest absolute Gasteiger partial charge is 0.493 e. The lowest BCUT2D eigenvalue weighted by Crippen LogP contribution is -2.16. The maximum absolute atomic E-state index is 14.2. The summed E-state index contributed by atoms with van der Waals surface area (Å²) in [7, 11) is -2.33. The predicted octanol–water partition coefficient (Wildman–Crippen LogP) is 3.57. The van der Waals surface area contributed by atoms with Crippen LogP contribution in [0.25, 0.3) is 0 Å². The standard InChI is InChI=1S/C15H12F4N2O6S/c1-26-12-6-10(16)14(7-13(12)27-2)28(24,25)20-8-3-4-11(21(22)23)9(5-8)15(17,18)19/h3-7,20H,1-2H3. The summed E-state index contributed by atoms with van der Waals surface area (Å²) in [4.78, 5) is 8.58. The van der Waals surface area contributed by atoms with Crippen LogP contribution in [0.4, 0.5) is 28.9 Å². The molecule has 0 saturated heterocycles. The van der Waals surface area contributed by atoms with Crippen molar-refractivity contribution in [3.63, 3.8) is 0 Å². The van der Waals surface area contributed by atoms with E-state index in [1.54, 1.807) is 4.72 Å². The van der Waals surface area contributed by atoms with Crippen LogP contribution >= 0.6 is 0 Å². The molecule has 0 amide bonds. The molecule has 2 aromatic rings. The Kier molecular flexibility index (Phi) is 5.68. The lowest BCUT2D eigenvalue weighted by molar-refractivity contribution is -0.388. The summed E-state index contributed by atoms with van der Waals surface area (Å²) in [6.45, 7) is 0. The van der Waals surface area contributed by atoms with Gasteiger partial charge in [-0.25, -0.2) is 12.8 Å².